The molecular formula is C34H32N2O2. The van der Waals surface area contributed by atoms with Gasteiger partial charge in [-0.25, -0.2) is 0 Å². The zero-order valence-electron chi connectivity index (χ0n) is 22.4. The van der Waals surface area contributed by atoms with Crippen molar-refractivity contribution in [3.63, 3.8) is 0 Å². The normalized spacial score (nSPS) is 11.8. The first kappa shape index (κ1) is 24.2. The van der Waals surface area contributed by atoms with Gasteiger partial charge >= 0.3 is 0 Å². The first-order valence-corrected chi connectivity index (χ1v) is 13.4. The lowest BCUT2D eigenvalue weighted by molar-refractivity contribution is 0.584. The molecule has 0 radical (unpaired) electrons. The predicted octanol–water partition coefficient (Wildman–Crippen LogP) is 9.37. The van der Waals surface area contributed by atoms with Gasteiger partial charge in [-0.15, -0.1) is 10.2 Å². The van der Waals surface area contributed by atoms with Gasteiger partial charge in [-0.1, -0.05) is 64.1 Å². The van der Waals surface area contributed by atoms with Gasteiger partial charge in [-0.2, -0.15) is 0 Å². The zero-order valence-corrected chi connectivity index (χ0v) is 22.4. The molecule has 2 heterocycles. The second-order valence-corrected chi connectivity index (χ2v) is 11.0. The number of aromatic nitrogens is 2. The van der Waals surface area contributed by atoms with E-state index in [2.05, 4.69) is 80.4 Å². The molecule has 0 saturated carbocycles. The molecule has 190 valence electrons. The van der Waals surface area contributed by atoms with Crippen molar-refractivity contribution in [1.82, 2.24) is 10.2 Å². The predicted molar refractivity (Wildman–Crippen MR) is 155 cm³/mol. The Hall–Kier alpha value is -4.18. The van der Waals surface area contributed by atoms with Crippen molar-refractivity contribution in [2.24, 2.45) is 11.8 Å². The van der Waals surface area contributed by atoms with E-state index in [0.717, 1.165) is 46.3 Å². The summed E-state index contributed by atoms with van der Waals surface area (Å²) in [7, 11) is 0. The molecule has 0 amide bonds. The van der Waals surface area contributed by atoms with Crippen molar-refractivity contribution in [2.45, 2.75) is 40.5 Å². The van der Waals surface area contributed by atoms with Crippen LogP contribution in [-0.4, -0.2) is 10.2 Å². The lowest BCUT2D eigenvalue weighted by Crippen LogP contribution is -1.95. The summed E-state index contributed by atoms with van der Waals surface area (Å²) < 4.78 is 12.5. The van der Waals surface area contributed by atoms with Crippen LogP contribution in [0.4, 0.5) is 0 Å². The Morgan fingerprint density at radius 3 is 1.87 bits per heavy atom. The number of rotatable bonds is 7. The minimum absolute atomic E-state index is 0.510. The van der Waals surface area contributed by atoms with E-state index in [-0.39, 0.29) is 0 Å². The Morgan fingerprint density at radius 2 is 1.18 bits per heavy atom. The minimum atomic E-state index is 0.510. The van der Waals surface area contributed by atoms with Crippen LogP contribution in [0.15, 0.2) is 93.8 Å². The third-order valence-electron chi connectivity index (χ3n) is 6.87. The summed E-state index contributed by atoms with van der Waals surface area (Å²) in [6, 6.07) is 29.4. The fourth-order valence-corrected chi connectivity index (χ4v) is 5.22. The fourth-order valence-electron chi connectivity index (χ4n) is 5.22. The Balaban J connectivity index is 1.42. The van der Waals surface area contributed by atoms with Crippen LogP contribution in [0.3, 0.4) is 0 Å². The Labute approximate surface area is 223 Å². The molecule has 0 unspecified atom stereocenters. The summed E-state index contributed by atoms with van der Waals surface area (Å²) in [6.45, 7) is 9.05. The van der Waals surface area contributed by atoms with E-state index in [4.69, 9.17) is 8.83 Å². The van der Waals surface area contributed by atoms with Crippen LogP contribution in [0, 0.1) is 11.8 Å². The number of hydrogen-bond donors (Lipinski definition) is 0. The summed E-state index contributed by atoms with van der Waals surface area (Å²) in [5.41, 5.74) is 8.57. The Bertz CT molecular complexity index is 1710. The van der Waals surface area contributed by atoms with Crippen molar-refractivity contribution >= 4 is 21.9 Å². The number of fused-ring (bicyclic) bond motifs is 3. The maximum absolute atomic E-state index is 6.48. The molecule has 6 aromatic rings. The topological polar surface area (TPSA) is 52.1 Å². The highest BCUT2D eigenvalue weighted by atomic mass is 16.4. The molecule has 0 spiro atoms. The van der Waals surface area contributed by atoms with Gasteiger partial charge in [0.2, 0.25) is 11.8 Å². The van der Waals surface area contributed by atoms with Gasteiger partial charge in [-0.05, 0) is 89.9 Å². The molecular weight excluding hydrogens is 468 g/mol. The molecule has 0 atom stereocenters. The maximum Gasteiger partial charge on any atom is 0.248 e. The summed E-state index contributed by atoms with van der Waals surface area (Å²) in [5.74, 6) is 2.20. The van der Waals surface area contributed by atoms with E-state index in [1.165, 1.54) is 21.9 Å². The van der Waals surface area contributed by atoms with E-state index in [1.807, 2.05) is 42.5 Å². The van der Waals surface area contributed by atoms with Crippen molar-refractivity contribution in [3.8, 4) is 34.0 Å². The molecule has 0 aliphatic carbocycles. The van der Waals surface area contributed by atoms with E-state index >= 15 is 0 Å². The first-order valence-electron chi connectivity index (χ1n) is 13.4. The van der Waals surface area contributed by atoms with Crippen LogP contribution < -0.4 is 0 Å². The summed E-state index contributed by atoms with van der Waals surface area (Å²) in [6.07, 6.45) is 2.08. The number of nitrogens with zero attached hydrogens (tertiary/aromatic N) is 2. The molecule has 0 N–H and O–H groups in total. The highest BCUT2D eigenvalue weighted by Crippen LogP contribution is 2.38. The molecule has 0 saturated heterocycles. The van der Waals surface area contributed by atoms with Crippen LogP contribution in [-0.2, 0) is 12.8 Å². The summed E-state index contributed by atoms with van der Waals surface area (Å²) in [5, 5.41) is 10.9. The van der Waals surface area contributed by atoms with Crippen molar-refractivity contribution < 1.29 is 8.83 Å². The molecule has 4 heteroatoms. The van der Waals surface area contributed by atoms with Crippen molar-refractivity contribution in [1.29, 1.82) is 0 Å². The van der Waals surface area contributed by atoms with Gasteiger partial charge in [0, 0.05) is 27.5 Å². The van der Waals surface area contributed by atoms with Crippen LogP contribution in [0.25, 0.3) is 56.0 Å². The van der Waals surface area contributed by atoms with E-state index < -0.39 is 0 Å². The van der Waals surface area contributed by atoms with Crippen LogP contribution in [0.1, 0.15) is 38.8 Å². The molecule has 4 nitrogen and oxygen atoms in total. The maximum atomic E-state index is 6.48. The lowest BCUT2D eigenvalue weighted by Gasteiger charge is -2.10. The third-order valence-corrected chi connectivity index (χ3v) is 6.87. The Kier molecular flexibility index (Phi) is 6.32. The molecule has 0 fully saturated rings. The van der Waals surface area contributed by atoms with E-state index in [1.54, 1.807) is 0 Å². The van der Waals surface area contributed by atoms with Crippen LogP contribution in [0.2, 0.25) is 0 Å². The quantitative estimate of drug-likeness (QED) is 0.219. The average molecular weight is 501 g/mol. The fraction of sp³-hybridized carbons (Fsp3) is 0.235. The second-order valence-electron chi connectivity index (χ2n) is 11.0. The average Bonchev–Trinajstić information content (AvgIpc) is 3.54. The number of benzene rings is 4. The Morgan fingerprint density at radius 1 is 0.579 bits per heavy atom. The number of furan rings is 1. The zero-order chi connectivity index (χ0) is 26.2. The second kappa shape index (κ2) is 9.94. The van der Waals surface area contributed by atoms with E-state index in [0.29, 0.717) is 23.6 Å². The molecule has 38 heavy (non-hydrogen) atoms. The summed E-state index contributed by atoms with van der Waals surface area (Å²) in [4.78, 5) is 0. The molecule has 2 aromatic heterocycles. The van der Waals surface area contributed by atoms with Gasteiger partial charge in [0.25, 0.3) is 0 Å². The highest BCUT2D eigenvalue weighted by molar-refractivity contribution is 6.10. The van der Waals surface area contributed by atoms with Crippen molar-refractivity contribution in [2.75, 3.05) is 0 Å². The smallest absolute Gasteiger partial charge is 0.248 e. The first-order chi connectivity index (χ1) is 18.4. The largest absolute Gasteiger partial charge is 0.455 e. The third kappa shape index (κ3) is 4.74. The van der Waals surface area contributed by atoms with Crippen molar-refractivity contribution in [3.05, 3.63) is 96.1 Å². The molecule has 0 bridgehead atoms. The van der Waals surface area contributed by atoms with Gasteiger partial charge in [0.05, 0.1) is 0 Å². The molecule has 4 aromatic carbocycles. The molecule has 0 aliphatic heterocycles. The highest BCUT2D eigenvalue weighted by Gasteiger charge is 2.17. The summed E-state index contributed by atoms with van der Waals surface area (Å²) >= 11 is 0. The van der Waals surface area contributed by atoms with Gasteiger partial charge < -0.3 is 8.83 Å². The van der Waals surface area contributed by atoms with Gasteiger partial charge in [-0.3, -0.25) is 0 Å². The minimum Gasteiger partial charge on any atom is -0.455 e. The lowest BCUT2D eigenvalue weighted by atomic mass is 9.94. The molecule has 0 aliphatic rings. The van der Waals surface area contributed by atoms with Crippen LogP contribution >= 0.6 is 0 Å². The van der Waals surface area contributed by atoms with Gasteiger partial charge in [0.15, 0.2) is 0 Å². The molecule has 6 rings (SSSR count). The number of hydrogen-bond acceptors (Lipinski definition) is 4. The SMILES string of the molecule is CC(C)Cc1ccc2oc3c(-c4ccc(-c5nnc(-c6ccccc6)o5)cc4)cc(CC(C)C)cc3c2c1. The standard InChI is InChI=1S/C34H32N2O2/c1-21(2)16-23-10-15-31-29(18-23)30-20-24(17-22(3)4)19-28(32(30)37-31)25-11-13-27(14-12-25)34-36-35-33(38-34)26-8-6-5-7-9-26/h5-15,18-22H,16-17H2,1-4H3. The van der Waals surface area contributed by atoms with E-state index in [9.17, 15) is 0 Å². The van der Waals surface area contributed by atoms with Gasteiger partial charge in [0.1, 0.15) is 11.2 Å². The van der Waals surface area contributed by atoms with Crippen LogP contribution in [0.5, 0.6) is 0 Å². The monoisotopic (exact) mass is 500 g/mol.